The summed E-state index contributed by atoms with van der Waals surface area (Å²) in [5.41, 5.74) is 0.589. The number of rotatable bonds is 4. The number of hydrogen-bond donors (Lipinski definition) is 0. The predicted octanol–water partition coefficient (Wildman–Crippen LogP) is 1.39. The van der Waals surface area contributed by atoms with E-state index in [1.165, 1.54) is 6.08 Å². The maximum absolute atomic E-state index is 13.0. The molecule has 29 heavy (non-hydrogen) atoms. The smallest absolute Gasteiger partial charge is 0.343 e. The van der Waals surface area contributed by atoms with Crippen molar-refractivity contribution in [2.24, 2.45) is 4.40 Å². The van der Waals surface area contributed by atoms with Gasteiger partial charge in [-0.15, -0.1) is 4.40 Å². The van der Waals surface area contributed by atoms with E-state index in [4.69, 9.17) is 4.74 Å². The first-order valence-electron chi connectivity index (χ1n) is 9.47. The minimum Gasteiger partial charge on any atom is -0.444 e. The van der Waals surface area contributed by atoms with Crippen LogP contribution >= 0.6 is 0 Å². The Kier molecular flexibility index (Phi) is 5.23. The van der Waals surface area contributed by atoms with E-state index in [1.54, 1.807) is 46.3 Å². The Morgan fingerprint density at radius 3 is 2.52 bits per heavy atom. The molecule has 0 bridgehead atoms. The van der Waals surface area contributed by atoms with E-state index < -0.39 is 22.1 Å². The number of amides is 1. The van der Waals surface area contributed by atoms with Crippen molar-refractivity contribution in [2.75, 3.05) is 25.4 Å². The first kappa shape index (κ1) is 19.4. The SMILES string of the molecule is O=C(O[C@@H](C(=O)N1CCCC1)c1ccccc1)C1=CC=CN2CCS(=O)(=O)N=C12. The Morgan fingerprint density at radius 2 is 1.79 bits per heavy atom. The molecule has 152 valence electrons. The van der Waals surface area contributed by atoms with E-state index in [1.807, 2.05) is 6.07 Å². The largest absolute Gasteiger partial charge is 0.444 e. The molecule has 0 aromatic heterocycles. The van der Waals surface area contributed by atoms with E-state index in [0.717, 1.165) is 12.8 Å². The highest BCUT2D eigenvalue weighted by molar-refractivity contribution is 7.90. The maximum atomic E-state index is 13.0. The van der Waals surface area contributed by atoms with Crippen LogP contribution in [0.1, 0.15) is 24.5 Å². The van der Waals surface area contributed by atoms with Crippen molar-refractivity contribution in [3.05, 3.63) is 59.8 Å². The fourth-order valence-corrected chi connectivity index (χ4v) is 4.52. The average Bonchev–Trinajstić information content (AvgIpc) is 3.26. The quantitative estimate of drug-likeness (QED) is 0.690. The Labute approximate surface area is 169 Å². The first-order chi connectivity index (χ1) is 13.9. The molecule has 0 unspecified atom stereocenters. The van der Waals surface area contributed by atoms with Gasteiger partial charge in [0.15, 0.2) is 5.84 Å². The molecule has 8 nitrogen and oxygen atoms in total. The highest BCUT2D eigenvalue weighted by Crippen LogP contribution is 2.26. The molecule has 1 amide bonds. The van der Waals surface area contributed by atoms with Crippen LogP contribution in [0.2, 0.25) is 0 Å². The zero-order chi connectivity index (χ0) is 20.4. The average molecular weight is 415 g/mol. The summed E-state index contributed by atoms with van der Waals surface area (Å²) in [6.07, 6.45) is 5.49. The van der Waals surface area contributed by atoms with Crippen LogP contribution in [0.15, 0.2) is 58.7 Å². The van der Waals surface area contributed by atoms with Gasteiger partial charge in [0, 0.05) is 31.4 Å². The van der Waals surface area contributed by atoms with E-state index in [9.17, 15) is 18.0 Å². The minimum atomic E-state index is -3.64. The van der Waals surface area contributed by atoms with Gasteiger partial charge in [-0.25, -0.2) is 13.2 Å². The van der Waals surface area contributed by atoms with E-state index in [2.05, 4.69) is 4.40 Å². The molecule has 3 heterocycles. The summed E-state index contributed by atoms with van der Waals surface area (Å²) in [7, 11) is -3.64. The Morgan fingerprint density at radius 1 is 1.07 bits per heavy atom. The van der Waals surface area contributed by atoms with Crippen LogP contribution in [0.25, 0.3) is 0 Å². The zero-order valence-electron chi connectivity index (χ0n) is 15.7. The monoisotopic (exact) mass is 415 g/mol. The molecule has 9 heteroatoms. The normalized spacial score (nSPS) is 21.1. The van der Waals surface area contributed by atoms with Gasteiger partial charge < -0.3 is 14.5 Å². The van der Waals surface area contributed by atoms with Crippen LogP contribution in [0.4, 0.5) is 0 Å². The number of carbonyl (C=O) groups is 2. The Bertz CT molecular complexity index is 1010. The van der Waals surface area contributed by atoms with Gasteiger partial charge in [0.25, 0.3) is 15.9 Å². The number of allylic oxidation sites excluding steroid dienone is 2. The predicted molar refractivity (Wildman–Crippen MR) is 106 cm³/mol. The molecule has 0 N–H and O–H groups in total. The lowest BCUT2D eigenvalue weighted by Gasteiger charge is -2.29. The number of ether oxygens (including phenoxy) is 1. The van der Waals surface area contributed by atoms with Crippen LogP contribution < -0.4 is 0 Å². The van der Waals surface area contributed by atoms with Crippen molar-refractivity contribution in [1.29, 1.82) is 0 Å². The molecule has 1 saturated heterocycles. The third kappa shape index (κ3) is 4.09. The summed E-state index contributed by atoms with van der Waals surface area (Å²) in [5, 5.41) is 0. The van der Waals surface area contributed by atoms with Crippen molar-refractivity contribution in [1.82, 2.24) is 9.80 Å². The van der Waals surface area contributed by atoms with Crippen LogP contribution in [-0.2, 0) is 24.3 Å². The number of fused-ring (bicyclic) bond motifs is 1. The molecule has 4 rings (SSSR count). The van der Waals surface area contributed by atoms with E-state index >= 15 is 0 Å². The fourth-order valence-electron chi connectivity index (χ4n) is 3.54. The number of carbonyl (C=O) groups excluding carboxylic acids is 2. The van der Waals surface area contributed by atoms with Crippen molar-refractivity contribution in [3.8, 4) is 0 Å². The fraction of sp³-hybridized carbons (Fsp3) is 0.350. The molecule has 0 aliphatic carbocycles. The van der Waals surface area contributed by atoms with Crippen LogP contribution in [0.5, 0.6) is 0 Å². The molecular formula is C20H21N3O5S. The van der Waals surface area contributed by atoms with E-state index in [-0.39, 0.29) is 29.6 Å². The van der Waals surface area contributed by atoms with Gasteiger partial charge in [-0.05, 0) is 25.0 Å². The van der Waals surface area contributed by atoms with Crippen LogP contribution in [0, 0.1) is 0 Å². The van der Waals surface area contributed by atoms with Gasteiger partial charge in [-0.3, -0.25) is 4.79 Å². The summed E-state index contributed by atoms with van der Waals surface area (Å²) in [5.74, 6) is -1.15. The van der Waals surface area contributed by atoms with Gasteiger partial charge in [-0.1, -0.05) is 30.3 Å². The summed E-state index contributed by atoms with van der Waals surface area (Å²) < 4.78 is 33.2. The highest BCUT2D eigenvalue weighted by Gasteiger charge is 2.35. The lowest BCUT2D eigenvalue weighted by Crippen LogP contribution is -2.41. The number of benzene rings is 1. The van der Waals surface area contributed by atoms with Gasteiger partial charge in [0.05, 0.1) is 5.75 Å². The van der Waals surface area contributed by atoms with Crippen molar-refractivity contribution in [2.45, 2.75) is 18.9 Å². The van der Waals surface area contributed by atoms with Crippen LogP contribution in [0.3, 0.4) is 0 Å². The molecule has 0 radical (unpaired) electrons. The third-order valence-corrected chi connectivity index (χ3v) is 6.20. The van der Waals surface area contributed by atoms with Crippen LogP contribution in [-0.4, -0.2) is 61.3 Å². The maximum Gasteiger partial charge on any atom is 0.343 e. The standard InChI is InChI=1S/C20H21N3O5S/c24-19(23-10-4-5-11-23)17(15-7-2-1-3-8-15)28-20(25)16-9-6-12-22-13-14-29(26,27)21-18(16)22/h1-3,6-9,12,17H,4-5,10-11,13-14H2/t17-/m1/s1. The highest BCUT2D eigenvalue weighted by atomic mass is 32.2. The summed E-state index contributed by atoms with van der Waals surface area (Å²) in [6, 6.07) is 8.83. The van der Waals surface area contributed by atoms with Gasteiger partial charge in [-0.2, -0.15) is 0 Å². The molecule has 1 aromatic carbocycles. The molecule has 3 aliphatic rings. The second kappa shape index (κ2) is 7.82. The second-order valence-electron chi connectivity index (χ2n) is 7.04. The number of amidine groups is 1. The number of hydrogen-bond acceptors (Lipinski definition) is 6. The first-order valence-corrected chi connectivity index (χ1v) is 11.1. The number of sulfonamides is 1. The van der Waals surface area contributed by atoms with Crippen molar-refractivity contribution in [3.63, 3.8) is 0 Å². The molecule has 0 spiro atoms. The topological polar surface area (TPSA) is 96.4 Å². The zero-order valence-corrected chi connectivity index (χ0v) is 16.5. The van der Waals surface area contributed by atoms with Gasteiger partial charge >= 0.3 is 5.97 Å². The van der Waals surface area contributed by atoms with Gasteiger partial charge in [0.2, 0.25) is 6.10 Å². The molecule has 3 aliphatic heterocycles. The Hall–Kier alpha value is -2.94. The summed E-state index contributed by atoms with van der Waals surface area (Å²) in [4.78, 5) is 29.3. The second-order valence-corrected chi connectivity index (χ2v) is 8.80. The number of likely N-dealkylation sites (tertiary alicyclic amines) is 1. The van der Waals surface area contributed by atoms with Gasteiger partial charge in [0.1, 0.15) is 5.57 Å². The number of nitrogens with zero attached hydrogens (tertiary/aromatic N) is 3. The Balaban J connectivity index is 1.62. The summed E-state index contributed by atoms with van der Waals surface area (Å²) in [6.45, 7) is 1.46. The third-order valence-electron chi connectivity index (χ3n) is 5.05. The summed E-state index contributed by atoms with van der Waals surface area (Å²) >= 11 is 0. The lowest BCUT2D eigenvalue weighted by molar-refractivity contribution is -0.157. The molecular weight excluding hydrogens is 394 g/mol. The minimum absolute atomic E-state index is 0.0194. The van der Waals surface area contributed by atoms with E-state index in [0.29, 0.717) is 18.7 Å². The lowest BCUT2D eigenvalue weighted by atomic mass is 10.1. The number of esters is 1. The molecule has 0 saturated carbocycles. The molecule has 1 aromatic rings. The molecule has 1 atom stereocenters. The van der Waals surface area contributed by atoms with Crippen molar-refractivity contribution < 1.29 is 22.7 Å². The van der Waals surface area contributed by atoms with Crippen molar-refractivity contribution >= 4 is 27.7 Å². The molecule has 1 fully saturated rings.